The van der Waals surface area contributed by atoms with Crippen LogP contribution in [-0.2, 0) is 32.0 Å². The number of amides is 3. The Kier molecular flexibility index (Phi) is 14.0. The van der Waals surface area contributed by atoms with E-state index in [1.165, 1.54) is 0 Å². The van der Waals surface area contributed by atoms with Gasteiger partial charge in [-0.2, -0.15) is 0 Å². The quantitative estimate of drug-likeness (QED) is 0.0622. The summed E-state index contributed by atoms with van der Waals surface area (Å²) in [6.07, 6.45) is 2.44. The highest BCUT2D eigenvalue weighted by Crippen LogP contribution is 2.20. The molecule has 0 aromatic heterocycles. The second-order valence-corrected chi connectivity index (χ2v) is 11.3. The largest absolute Gasteiger partial charge is 0.480 e. The molecule has 12 heteroatoms. The fraction of sp³-hybridized carbons (Fsp3) is 0.382. The maximum absolute atomic E-state index is 13.9. The Morgan fingerprint density at radius 2 is 1.35 bits per heavy atom. The van der Waals surface area contributed by atoms with Crippen LogP contribution in [-0.4, -0.2) is 65.5 Å². The average molecular weight is 632 g/mol. The van der Waals surface area contributed by atoms with Crippen molar-refractivity contribution in [3.63, 3.8) is 0 Å². The number of fused-ring (bicyclic) bond motifs is 1. The van der Waals surface area contributed by atoms with E-state index in [1.54, 1.807) is 0 Å². The number of nitrogens with two attached hydrogens (primary N) is 3. The van der Waals surface area contributed by atoms with Gasteiger partial charge >= 0.3 is 5.97 Å². The Morgan fingerprint density at radius 3 is 2.04 bits per heavy atom. The van der Waals surface area contributed by atoms with Crippen LogP contribution < -0.4 is 33.2 Å². The van der Waals surface area contributed by atoms with Crippen molar-refractivity contribution in [2.75, 3.05) is 6.54 Å². The molecule has 0 spiro atoms. The van der Waals surface area contributed by atoms with Crippen molar-refractivity contribution in [2.24, 2.45) is 22.2 Å². The normalized spacial score (nSPS) is 13.5. The Hall–Kier alpha value is -4.97. The zero-order chi connectivity index (χ0) is 33.5. The third-order valence-corrected chi connectivity index (χ3v) is 7.61. The van der Waals surface area contributed by atoms with Gasteiger partial charge in [0.2, 0.25) is 17.7 Å². The number of nitrogens with one attached hydrogen (secondary N) is 3. The fourth-order valence-electron chi connectivity index (χ4n) is 5.12. The molecule has 12 nitrogen and oxygen atoms in total. The molecule has 3 aromatic carbocycles. The lowest BCUT2D eigenvalue weighted by molar-refractivity contribution is -0.142. The topological polar surface area (TPSA) is 215 Å². The standard InChI is InChI=1S/C34H45N7O5/c1-2-3-17-27(31(43)40-28(33(45)46)18-10-19-38-34(36)37)39-32(44)29(21-24-15-9-14-23-13-7-8-16-25(23)24)41-30(42)26(35)20-22-11-5-4-6-12-22/h4-9,11-16,26-29H,2-3,10,17-21,35H2,1H3,(H,39,44)(H,40,43)(H,41,42)(H,45,46)(H4,36,37,38)/t26-,27-,28-,29-/m1/s1. The molecule has 0 aliphatic heterocycles. The lowest BCUT2D eigenvalue weighted by Gasteiger charge is -2.26. The van der Waals surface area contributed by atoms with E-state index in [0.717, 1.165) is 28.3 Å². The molecule has 0 aliphatic carbocycles. The minimum Gasteiger partial charge on any atom is -0.480 e. The Balaban J connectivity index is 1.82. The smallest absolute Gasteiger partial charge is 0.326 e. The van der Waals surface area contributed by atoms with Crippen molar-refractivity contribution in [1.29, 1.82) is 0 Å². The summed E-state index contributed by atoms with van der Waals surface area (Å²) in [5, 5.41) is 19.8. The van der Waals surface area contributed by atoms with Gasteiger partial charge in [-0.15, -0.1) is 0 Å². The number of rotatable bonds is 18. The first-order chi connectivity index (χ1) is 22.1. The number of hydrogen-bond donors (Lipinski definition) is 7. The average Bonchev–Trinajstić information content (AvgIpc) is 3.04. The van der Waals surface area contributed by atoms with Crippen molar-refractivity contribution >= 4 is 40.4 Å². The molecule has 4 atom stereocenters. The molecule has 0 saturated carbocycles. The van der Waals surface area contributed by atoms with Crippen LogP contribution in [0.2, 0.25) is 0 Å². The fourth-order valence-corrected chi connectivity index (χ4v) is 5.12. The summed E-state index contributed by atoms with van der Waals surface area (Å²) in [4.78, 5) is 56.3. The highest BCUT2D eigenvalue weighted by Gasteiger charge is 2.30. The number of unbranched alkanes of at least 4 members (excludes halogenated alkanes) is 1. The highest BCUT2D eigenvalue weighted by atomic mass is 16.4. The van der Waals surface area contributed by atoms with Crippen LogP contribution in [0.5, 0.6) is 0 Å². The van der Waals surface area contributed by atoms with E-state index in [1.807, 2.05) is 79.7 Å². The Labute approximate surface area is 269 Å². The van der Waals surface area contributed by atoms with Gasteiger partial charge in [0.05, 0.1) is 6.04 Å². The summed E-state index contributed by atoms with van der Waals surface area (Å²) >= 11 is 0. The number of carbonyl (C=O) groups excluding carboxylic acids is 3. The third kappa shape index (κ3) is 11.2. The molecule has 246 valence electrons. The molecule has 0 heterocycles. The number of benzene rings is 3. The van der Waals surface area contributed by atoms with Crippen LogP contribution >= 0.6 is 0 Å². The van der Waals surface area contributed by atoms with Gasteiger partial charge in [0.1, 0.15) is 18.1 Å². The van der Waals surface area contributed by atoms with E-state index in [2.05, 4.69) is 20.9 Å². The predicted octanol–water partition coefficient (Wildman–Crippen LogP) is 1.74. The summed E-state index contributed by atoms with van der Waals surface area (Å²) in [5.74, 6) is -3.04. The molecule has 46 heavy (non-hydrogen) atoms. The van der Waals surface area contributed by atoms with E-state index in [0.29, 0.717) is 12.8 Å². The lowest BCUT2D eigenvalue weighted by atomic mass is 9.97. The molecule has 0 unspecified atom stereocenters. The number of aliphatic imine (C=N–C) groups is 1. The predicted molar refractivity (Wildman–Crippen MR) is 179 cm³/mol. The molecule has 3 amide bonds. The first-order valence-corrected chi connectivity index (χ1v) is 15.5. The van der Waals surface area contributed by atoms with E-state index in [9.17, 15) is 24.3 Å². The van der Waals surface area contributed by atoms with Gasteiger partial charge in [-0.05, 0) is 47.6 Å². The van der Waals surface area contributed by atoms with Gasteiger partial charge in [0, 0.05) is 13.0 Å². The van der Waals surface area contributed by atoms with Crippen molar-refractivity contribution < 1.29 is 24.3 Å². The first-order valence-electron chi connectivity index (χ1n) is 15.5. The molecule has 10 N–H and O–H groups in total. The van der Waals surface area contributed by atoms with Crippen molar-refractivity contribution in [3.05, 3.63) is 83.9 Å². The van der Waals surface area contributed by atoms with Crippen molar-refractivity contribution in [1.82, 2.24) is 16.0 Å². The second-order valence-electron chi connectivity index (χ2n) is 11.3. The molecule has 0 saturated heterocycles. The molecule has 0 fully saturated rings. The van der Waals surface area contributed by atoms with Crippen LogP contribution in [0.15, 0.2) is 77.8 Å². The van der Waals surface area contributed by atoms with Gasteiger partial charge in [-0.25, -0.2) is 4.79 Å². The van der Waals surface area contributed by atoms with Gasteiger partial charge in [-0.1, -0.05) is 92.6 Å². The van der Waals surface area contributed by atoms with E-state index in [-0.39, 0.29) is 38.2 Å². The van der Waals surface area contributed by atoms with E-state index >= 15 is 0 Å². The molecule has 3 rings (SSSR count). The summed E-state index contributed by atoms with van der Waals surface area (Å²) in [7, 11) is 0. The lowest BCUT2D eigenvalue weighted by Crippen LogP contribution is -2.57. The maximum Gasteiger partial charge on any atom is 0.326 e. The minimum atomic E-state index is -1.22. The van der Waals surface area contributed by atoms with Gasteiger partial charge in [0.15, 0.2) is 5.96 Å². The molecular weight excluding hydrogens is 586 g/mol. The number of carbonyl (C=O) groups is 4. The Morgan fingerprint density at radius 1 is 0.739 bits per heavy atom. The SMILES string of the molecule is CCCC[C@@H](NC(=O)[C@@H](Cc1cccc2ccccc12)NC(=O)[C@H](N)Cc1ccccc1)C(=O)N[C@H](CCCN=C(N)N)C(=O)O. The third-order valence-electron chi connectivity index (χ3n) is 7.61. The summed E-state index contributed by atoms with van der Waals surface area (Å²) in [5.41, 5.74) is 18.6. The number of guanidine groups is 1. The number of carboxylic acid groups (broad SMARTS) is 1. The number of carboxylic acids is 1. The zero-order valence-electron chi connectivity index (χ0n) is 26.2. The Bertz CT molecular complexity index is 1490. The van der Waals surface area contributed by atoms with Gasteiger partial charge in [-0.3, -0.25) is 19.4 Å². The van der Waals surface area contributed by atoms with Crippen LogP contribution in [0.3, 0.4) is 0 Å². The first kappa shape index (κ1) is 35.5. The van der Waals surface area contributed by atoms with Crippen molar-refractivity contribution in [3.8, 4) is 0 Å². The second kappa shape index (κ2) is 18.1. The van der Waals surface area contributed by atoms with Crippen LogP contribution in [0.1, 0.15) is 50.2 Å². The van der Waals surface area contributed by atoms with Crippen LogP contribution in [0.4, 0.5) is 0 Å². The monoisotopic (exact) mass is 631 g/mol. The summed E-state index contributed by atoms with van der Waals surface area (Å²) < 4.78 is 0. The summed E-state index contributed by atoms with van der Waals surface area (Å²) in [6, 6.07) is 18.6. The molecule has 3 aromatic rings. The summed E-state index contributed by atoms with van der Waals surface area (Å²) in [6.45, 7) is 2.15. The number of nitrogens with zero attached hydrogens (tertiary/aromatic N) is 1. The van der Waals surface area contributed by atoms with Gasteiger partial charge < -0.3 is 38.3 Å². The molecular formula is C34H45N7O5. The maximum atomic E-state index is 13.9. The van der Waals surface area contributed by atoms with Crippen LogP contribution in [0.25, 0.3) is 10.8 Å². The molecule has 0 aliphatic rings. The highest BCUT2D eigenvalue weighted by molar-refractivity contribution is 5.95. The van der Waals surface area contributed by atoms with E-state index in [4.69, 9.17) is 17.2 Å². The molecule has 0 radical (unpaired) electrons. The van der Waals surface area contributed by atoms with Crippen molar-refractivity contribution in [2.45, 2.75) is 76.0 Å². The number of aliphatic carboxylic acids is 1. The minimum absolute atomic E-state index is 0.0887. The van der Waals surface area contributed by atoms with E-state index < -0.39 is 47.9 Å². The van der Waals surface area contributed by atoms with Gasteiger partial charge in [0.25, 0.3) is 0 Å². The molecule has 0 bridgehead atoms. The number of hydrogen-bond acceptors (Lipinski definition) is 6. The zero-order valence-corrected chi connectivity index (χ0v) is 26.2. The van der Waals surface area contributed by atoms with Crippen LogP contribution in [0, 0.1) is 0 Å².